The number of ketones is 1. The Kier molecular flexibility index (Phi) is 4.68. The Bertz CT molecular complexity index is 846. The van der Waals surface area contributed by atoms with E-state index in [1.165, 1.54) is 12.6 Å². The predicted octanol–water partition coefficient (Wildman–Crippen LogP) is 3.89. The van der Waals surface area contributed by atoms with Gasteiger partial charge in [-0.25, -0.2) is 0 Å². The van der Waals surface area contributed by atoms with Crippen molar-refractivity contribution in [2.75, 3.05) is 13.9 Å². The van der Waals surface area contributed by atoms with Crippen LogP contribution in [0.25, 0.3) is 11.3 Å². The lowest BCUT2D eigenvalue weighted by atomic mass is 9.82. The summed E-state index contributed by atoms with van der Waals surface area (Å²) < 4.78 is 18.7. The van der Waals surface area contributed by atoms with Gasteiger partial charge in [0.05, 0.1) is 29.1 Å². The molecule has 27 heavy (non-hydrogen) atoms. The Morgan fingerprint density at radius 3 is 2.81 bits per heavy atom. The molecule has 4 rings (SSSR count). The van der Waals surface area contributed by atoms with Gasteiger partial charge >= 0.3 is 0 Å². The second-order valence-electron chi connectivity index (χ2n) is 8.12. The molecule has 0 saturated heterocycles. The van der Waals surface area contributed by atoms with Gasteiger partial charge in [-0.1, -0.05) is 12.1 Å². The van der Waals surface area contributed by atoms with Crippen molar-refractivity contribution in [2.45, 2.75) is 70.4 Å². The number of nitrogens with zero attached hydrogens (tertiary/aromatic N) is 3. The lowest BCUT2D eigenvalue weighted by Crippen LogP contribution is -2.36. The third-order valence-electron chi connectivity index (χ3n) is 6.08. The second kappa shape index (κ2) is 6.87. The first-order valence-corrected chi connectivity index (χ1v) is 9.63. The van der Waals surface area contributed by atoms with Crippen molar-refractivity contribution >= 4 is 5.78 Å². The molecule has 1 atom stereocenters. The van der Waals surface area contributed by atoms with Crippen LogP contribution in [0.4, 0.5) is 0 Å². The van der Waals surface area contributed by atoms with Crippen LogP contribution in [-0.4, -0.2) is 40.2 Å². The van der Waals surface area contributed by atoms with Crippen molar-refractivity contribution in [1.82, 2.24) is 14.9 Å². The first-order chi connectivity index (χ1) is 12.9. The number of hydrogen-bond acceptors (Lipinski definition) is 6. The number of carbonyl (C=O) groups excluding carboxylic acids is 1. The highest BCUT2D eigenvalue weighted by molar-refractivity contribution is 5.95. The van der Waals surface area contributed by atoms with Gasteiger partial charge in [0.25, 0.3) is 0 Å². The third-order valence-corrected chi connectivity index (χ3v) is 6.08. The van der Waals surface area contributed by atoms with Crippen molar-refractivity contribution in [1.29, 1.82) is 0 Å². The van der Waals surface area contributed by atoms with E-state index in [4.69, 9.17) is 19.1 Å². The first-order valence-electron chi connectivity index (χ1n) is 9.63. The van der Waals surface area contributed by atoms with E-state index in [1.54, 1.807) is 7.11 Å². The van der Waals surface area contributed by atoms with Crippen LogP contribution in [0, 0.1) is 0 Å². The summed E-state index contributed by atoms with van der Waals surface area (Å²) in [5.74, 6) is 0.849. The smallest absolute Gasteiger partial charge is 0.181 e. The van der Waals surface area contributed by atoms with Crippen molar-refractivity contribution < 1.29 is 18.8 Å². The molecule has 2 aromatic rings. The summed E-state index contributed by atoms with van der Waals surface area (Å²) in [4.78, 5) is 11.9. The standard InChI is InChI=1S/C20H27N3O4/c1-12-9-16-15(19-17(12)18(13(2)24)22-27-19)10-21-23(16)14-5-7-20(3,8-6-14)26-11-25-4/h10,12,14H,5-9,11H2,1-4H3. The molecule has 1 saturated carbocycles. The van der Waals surface area contributed by atoms with Crippen LogP contribution in [-0.2, 0) is 15.9 Å². The van der Waals surface area contributed by atoms with Gasteiger partial charge in [0, 0.05) is 19.6 Å². The molecule has 0 aromatic carbocycles. The highest BCUT2D eigenvalue weighted by atomic mass is 16.7. The van der Waals surface area contributed by atoms with Crippen LogP contribution < -0.4 is 0 Å². The summed E-state index contributed by atoms with van der Waals surface area (Å²) in [6.07, 6.45) is 6.71. The van der Waals surface area contributed by atoms with E-state index in [2.05, 4.69) is 23.7 Å². The quantitative estimate of drug-likeness (QED) is 0.584. The van der Waals surface area contributed by atoms with Crippen molar-refractivity contribution in [3.63, 3.8) is 0 Å². The van der Waals surface area contributed by atoms with Gasteiger partial charge in [0.1, 0.15) is 6.79 Å². The largest absolute Gasteiger partial charge is 0.359 e. The predicted molar refractivity (Wildman–Crippen MR) is 98.7 cm³/mol. The molecule has 2 aliphatic carbocycles. The molecule has 1 fully saturated rings. The number of carbonyl (C=O) groups is 1. The molecule has 0 N–H and O–H groups in total. The molecule has 0 spiro atoms. The topological polar surface area (TPSA) is 79.4 Å². The van der Waals surface area contributed by atoms with E-state index in [0.29, 0.717) is 24.3 Å². The van der Waals surface area contributed by atoms with Gasteiger partial charge in [-0.15, -0.1) is 0 Å². The Morgan fingerprint density at radius 1 is 1.41 bits per heavy atom. The summed E-state index contributed by atoms with van der Waals surface area (Å²) >= 11 is 0. The van der Waals surface area contributed by atoms with Gasteiger partial charge in [-0.05, 0) is 44.9 Å². The molecule has 0 radical (unpaired) electrons. The number of fused-ring (bicyclic) bond motifs is 3. The number of ether oxygens (including phenoxy) is 2. The van der Waals surface area contributed by atoms with Crippen molar-refractivity contribution in [2.24, 2.45) is 0 Å². The third kappa shape index (κ3) is 3.12. The van der Waals surface area contributed by atoms with Gasteiger partial charge < -0.3 is 14.0 Å². The fourth-order valence-electron chi connectivity index (χ4n) is 4.49. The highest BCUT2D eigenvalue weighted by Gasteiger charge is 2.37. The normalized spacial score (nSPS) is 27.3. The molecule has 0 bridgehead atoms. The average Bonchev–Trinajstić information content (AvgIpc) is 3.25. The molecule has 2 aromatic heterocycles. The van der Waals surface area contributed by atoms with E-state index in [-0.39, 0.29) is 17.3 Å². The second-order valence-corrected chi connectivity index (χ2v) is 8.12. The maximum atomic E-state index is 11.9. The van der Waals surface area contributed by atoms with Gasteiger partial charge in [-0.2, -0.15) is 5.10 Å². The van der Waals surface area contributed by atoms with Crippen LogP contribution in [0.2, 0.25) is 0 Å². The van der Waals surface area contributed by atoms with E-state index in [9.17, 15) is 4.79 Å². The Morgan fingerprint density at radius 2 is 2.15 bits per heavy atom. The molecule has 1 unspecified atom stereocenters. The molecule has 0 amide bonds. The zero-order chi connectivity index (χ0) is 19.2. The van der Waals surface area contributed by atoms with Crippen molar-refractivity contribution in [3.05, 3.63) is 23.1 Å². The average molecular weight is 373 g/mol. The zero-order valence-corrected chi connectivity index (χ0v) is 16.4. The zero-order valence-electron chi connectivity index (χ0n) is 16.4. The highest BCUT2D eigenvalue weighted by Crippen LogP contribution is 2.44. The van der Waals surface area contributed by atoms with Crippen LogP contribution >= 0.6 is 0 Å². The number of Topliss-reactive ketones (excluding diaryl/α,β-unsaturated/α-hetero) is 1. The fourth-order valence-corrected chi connectivity index (χ4v) is 4.49. The monoisotopic (exact) mass is 373 g/mol. The molecule has 2 aliphatic rings. The summed E-state index contributed by atoms with van der Waals surface area (Å²) in [5, 5.41) is 8.72. The van der Waals surface area contributed by atoms with Gasteiger partial charge in [-0.3, -0.25) is 9.48 Å². The molecular formula is C20H27N3O4. The minimum Gasteiger partial charge on any atom is -0.359 e. The van der Waals surface area contributed by atoms with Crippen LogP contribution in [0.1, 0.15) is 80.2 Å². The fraction of sp³-hybridized carbons (Fsp3) is 0.650. The van der Waals surface area contributed by atoms with Crippen LogP contribution in [0.3, 0.4) is 0 Å². The number of hydrogen-bond donors (Lipinski definition) is 0. The molecule has 0 aliphatic heterocycles. The number of aromatic nitrogens is 3. The molecular weight excluding hydrogens is 346 g/mol. The van der Waals surface area contributed by atoms with E-state index >= 15 is 0 Å². The summed E-state index contributed by atoms with van der Waals surface area (Å²) in [7, 11) is 1.65. The SMILES string of the molecule is COCOC1(C)CCC(n2ncc3c2CC(C)c2c(C(C)=O)noc2-3)CC1. The lowest BCUT2D eigenvalue weighted by Gasteiger charge is -2.37. The van der Waals surface area contributed by atoms with E-state index < -0.39 is 0 Å². The van der Waals surface area contributed by atoms with Gasteiger partial charge in [0.2, 0.25) is 0 Å². The Hall–Kier alpha value is -1.99. The minimum atomic E-state index is -0.124. The number of rotatable bonds is 5. The minimum absolute atomic E-state index is 0.0506. The number of methoxy groups -OCH3 is 1. The van der Waals surface area contributed by atoms with E-state index in [1.807, 2.05) is 6.20 Å². The van der Waals surface area contributed by atoms with Crippen LogP contribution in [0.15, 0.2) is 10.7 Å². The molecule has 146 valence electrons. The Labute approximate surface area is 159 Å². The molecule has 7 nitrogen and oxygen atoms in total. The first kappa shape index (κ1) is 18.4. The molecule has 7 heteroatoms. The van der Waals surface area contributed by atoms with Crippen molar-refractivity contribution in [3.8, 4) is 11.3 Å². The molecule has 2 heterocycles. The summed E-state index contributed by atoms with van der Waals surface area (Å²) in [5.41, 5.74) is 3.43. The summed E-state index contributed by atoms with van der Waals surface area (Å²) in [6.45, 7) is 6.16. The summed E-state index contributed by atoms with van der Waals surface area (Å²) in [6, 6.07) is 0.358. The maximum Gasteiger partial charge on any atom is 0.181 e. The Balaban J connectivity index is 1.59. The van der Waals surface area contributed by atoms with Crippen LogP contribution in [0.5, 0.6) is 0 Å². The lowest BCUT2D eigenvalue weighted by molar-refractivity contribution is -0.139. The van der Waals surface area contributed by atoms with Gasteiger partial charge in [0.15, 0.2) is 17.2 Å². The van der Waals surface area contributed by atoms with E-state index in [0.717, 1.165) is 43.2 Å². The maximum absolute atomic E-state index is 11.9.